The molecule has 1 aromatic heterocycles. The molecule has 1 heterocycles. The number of aromatic nitrogens is 1. The zero-order valence-electron chi connectivity index (χ0n) is 26.4. The molecule has 2 heteroatoms. The molecule has 9 aromatic rings. The molecule has 0 atom stereocenters. The molecule has 0 amide bonds. The Kier molecular flexibility index (Phi) is 6.84. The lowest BCUT2D eigenvalue weighted by atomic mass is 9.98. The fourth-order valence-corrected chi connectivity index (χ4v) is 7.10. The van der Waals surface area contributed by atoms with Gasteiger partial charge in [0.15, 0.2) is 0 Å². The molecule has 9 rings (SSSR count). The molecule has 0 aliphatic carbocycles. The lowest BCUT2D eigenvalue weighted by molar-refractivity contribution is 1.18. The molecule has 0 N–H and O–H groups in total. The molecule has 0 saturated heterocycles. The van der Waals surface area contributed by atoms with Gasteiger partial charge in [0, 0.05) is 33.5 Å². The second-order valence-electron chi connectivity index (χ2n) is 12.2. The van der Waals surface area contributed by atoms with E-state index in [4.69, 9.17) is 0 Å². The lowest BCUT2D eigenvalue weighted by Crippen LogP contribution is -2.09. The summed E-state index contributed by atoms with van der Waals surface area (Å²) < 4.78 is 2.36. The molecule has 0 saturated carbocycles. The number of nitrogens with zero attached hydrogens (tertiary/aromatic N) is 2. The van der Waals surface area contributed by atoms with Crippen molar-refractivity contribution >= 4 is 49.6 Å². The van der Waals surface area contributed by atoms with Crippen molar-refractivity contribution in [1.29, 1.82) is 0 Å². The van der Waals surface area contributed by atoms with Crippen molar-refractivity contribution in [2.75, 3.05) is 4.90 Å². The van der Waals surface area contributed by atoms with Crippen molar-refractivity contribution in [3.8, 4) is 27.9 Å². The number of para-hydroxylation sites is 3. The summed E-state index contributed by atoms with van der Waals surface area (Å²) in [6, 6.07) is 69.8. The van der Waals surface area contributed by atoms with E-state index < -0.39 is 0 Å². The Balaban J connectivity index is 1.04. The fraction of sp³-hybridized carbons (Fsp3) is 0. The van der Waals surface area contributed by atoms with Gasteiger partial charge < -0.3 is 9.47 Å². The summed E-state index contributed by atoms with van der Waals surface area (Å²) in [7, 11) is 0. The minimum Gasteiger partial charge on any atom is -0.311 e. The van der Waals surface area contributed by atoms with Crippen molar-refractivity contribution in [2.24, 2.45) is 0 Å². The van der Waals surface area contributed by atoms with E-state index in [-0.39, 0.29) is 0 Å². The van der Waals surface area contributed by atoms with E-state index in [0.717, 1.165) is 22.7 Å². The van der Waals surface area contributed by atoms with Gasteiger partial charge in [-0.15, -0.1) is 0 Å². The monoisotopic (exact) mass is 612 g/mol. The second kappa shape index (κ2) is 11.8. The molecule has 0 fully saturated rings. The van der Waals surface area contributed by atoms with E-state index in [2.05, 4.69) is 204 Å². The normalized spacial score (nSPS) is 11.3. The highest BCUT2D eigenvalue weighted by molar-refractivity contribution is 6.09. The predicted octanol–water partition coefficient (Wildman–Crippen LogP) is 12.7. The van der Waals surface area contributed by atoms with Crippen LogP contribution in [0.5, 0.6) is 0 Å². The van der Waals surface area contributed by atoms with Gasteiger partial charge in [-0.25, -0.2) is 0 Å². The number of anilines is 3. The van der Waals surface area contributed by atoms with Crippen LogP contribution in [0.25, 0.3) is 60.5 Å². The van der Waals surface area contributed by atoms with E-state index in [1.54, 1.807) is 0 Å². The third-order valence-electron chi connectivity index (χ3n) is 9.40. The lowest BCUT2D eigenvalue weighted by Gasteiger charge is -2.26. The number of fused-ring (bicyclic) bond motifs is 4. The molecule has 48 heavy (non-hydrogen) atoms. The zero-order chi connectivity index (χ0) is 31.9. The van der Waals surface area contributed by atoms with E-state index in [9.17, 15) is 0 Å². The van der Waals surface area contributed by atoms with Gasteiger partial charge in [0.05, 0.1) is 11.0 Å². The van der Waals surface area contributed by atoms with E-state index in [0.29, 0.717) is 0 Å². The van der Waals surface area contributed by atoms with Crippen LogP contribution >= 0.6 is 0 Å². The molecule has 226 valence electrons. The van der Waals surface area contributed by atoms with Crippen molar-refractivity contribution in [3.05, 3.63) is 194 Å². The third kappa shape index (κ3) is 4.83. The largest absolute Gasteiger partial charge is 0.311 e. The Hall–Kier alpha value is -6.38. The van der Waals surface area contributed by atoms with E-state index in [1.165, 1.54) is 54.8 Å². The van der Waals surface area contributed by atoms with Crippen LogP contribution in [0.1, 0.15) is 0 Å². The van der Waals surface area contributed by atoms with E-state index >= 15 is 0 Å². The third-order valence-corrected chi connectivity index (χ3v) is 9.40. The Morgan fingerprint density at radius 2 is 0.771 bits per heavy atom. The maximum absolute atomic E-state index is 2.36. The first kappa shape index (κ1) is 27.9. The highest BCUT2D eigenvalue weighted by atomic mass is 15.1. The van der Waals surface area contributed by atoms with Gasteiger partial charge in [0.1, 0.15) is 0 Å². The number of hydrogen-bond donors (Lipinski definition) is 0. The Morgan fingerprint density at radius 1 is 0.312 bits per heavy atom. The summed E-state index contributed by atoms with van der Waals surface area (Å²) in [6.07, 6.45) is 0. The van der Waals surface area contributed by atoms with Crippen LogP contribution in [0.4, 0.5) is 17.1 Å². The van der Waals surface area contributed by atoms with Gasteiger partial charge in [-0.3, -0.25) is 0 Å². The smallest absolute Gasteiger partial charge is 0.0541 e. The topological polar surface area (TPSA) is 8.17 Å². The summed E-state index contributed by atoms with van der Waals surface area (Å²) >= 11 is 0. The highest BCUT2D eigenvalue weighted by Crippen LogP contribution is 2.38. The van der Waals surface area contributed by atoms with Crippen molar-refractivity contribution in [3.63, 3.8) is 0 Å². The second-order valence-corrected chi connectivity index (χ2v) is 12.2. The van der Waals surface area contributed by atoms with Gasteiger partial charge in [0.2, 0.25) is 0 Å². The Morgan fingerprint density at radius 3 is 1.40 bits per heavy atom. The first-order valence-electron chi connectivity index (χ1n) is 16.4. The molecular weight excluding hydrogens is 581 g/mol. The Bertz CT molecular complexity index is 2470. The SMILES string of the molecule is c1ccc(N(c2ccc(-c3ccc(-n4c5ccccc5c5ccccc54)cc3)cc2)c2ccc(-c3cccc4ccccc34)cc2)cc1. The standard InChI is InChI=1S/C46H32N2/c1-2-13-37(14-3-1)47(39-31-25-36(26-32-39)42-18-10-12-35-11-4-5-15-41(35)42)38-27-21-33(22-28-38)34-23-29-40(30-24-34)48-45-19-8-6-16-43(45)44-17-7-9-20-46(44)48/h1-32H. The summed E-state index contributed by atoms with van der Waals surface area (Å²) in [6.45, 7) is 0. The number of benzene rings is 8. The maximum atomic E-state index is 2.36. The molecule has 0 spiro atoms. The molecule has 8 aromatic carbocycles. The Labute approximate surface area is 280 Å². The van der Waals surface area contributed by atoms with Crippen LogP contribution in [0.15, 0.2) is 194 Å². The first-order chi connectivity index (χ1) is 23.8. The van der Waals surface area contributed by atoms with E-state index in [1.807, 2.05) is 0 Å². The van der Waals surface area contributed by atoms with Crippen LogP contribution in [0.3, 0.4) is 0 Å². The van der Waals surface area contributed by atoms with Crippen molar-refractivity contribution in [2.45, 2.75) is 0 Å². The predicted molar refractivity (Wildman–Crippen MR) is 204 cm³/mol. The van der Waals surface area contributed by atoms with Gasteiger partial charge >= 0.3 is 0 Å². The summed E-state index contributed by atoms with van der Waals surface area (Å²) in [5, 5.41) is 5.08. The number of hydrogen-bond acceptors (Lipinski definition) is 1. The van der Waals surface area contributed by atoms with Crippen LogP contribution in [0.2, 0.25) is 0 Å². The molecule has 0 bridgehead atoms. The molecule has 0 aliphatic rings. The highest BCUT2D eigenvalue weighted by Gasteiger charge is 2.14. The van der Waals surface area contributed by atoms with Crippen LogP contribution in [0, 0.1) is 0 Å². The van der Waals surface area contributed by atoms with Crippen molar-refractivity contribution < 1.29 is 0 Å². The maximum Gasteiger partial charge on any atom is 0.0541 e. The first-order valence-corrected chi connectivity index (χ1v) is 16.4. The molecule has 0 radical (unpaired) electrons. The van der Waals surface area contributed by atoms with Gasteiger partial charge in [-0.2, -0.15) is 0 Å². The molecule has 0 unspecified atom stereocenters. The van der Waals surface area contributed by atoms with Crippen molar-refractivity contribution in [1.82, 2.24) is 4.57 Å². The van der Waals surface area contributed by atoms with Crippen LogP contribution in [-0.4, -0.2) is 4.57 Å². The minimum atomic E-state index is 1.12. The summed E-state index contributed by atoms with van der Waals surface area (Å²) in [5.74, 6) is 0. The average Bonchev–Trinajstić information content (AvgIpc) is 3.50. The number of rotatable bonds is 6. The van der Waals surface area contributed by atoms with Gasteiger partial charge in [0.25, 0.3) is 0 Å². The molecular formula is C46H32N2. The average molecular weight is 613 g/mol. The zero-order valence-corrected chi connectivity index (χ0v) is 26.4. The van der Waals surface area contributed by atoms with Crippen LogP contribution < -0.4 is 4.90 Å². The van der Waals surface area contributed by atoms with Gasteiger partial charge in [-0.05, 0) is 93.7 Å². The fourth-order valence-electron chi connectivity index (χ4n) is 7.10. The van der Waals surface area contributed by atoms with Crippen LogP contribution in [-0.2, 0) is 0 Å². The summed E-state index contributed by atoms with van der Waals surface area (Å²) in [4.78, 5) is 2.32. The summed E-state index contributed by atoms with van der Waals surface area (Å²) in [5.41, 5.74) is 11.8. The molecule has 2 nitrogen and oxygen atoms in total. The quantitative estimate of drug-likeness (QED) is 0.181. The minimum absolute atomic E-state index is 1.12. The molecule has 0 aliphatic heterocycles. The van der Waals surface area contributed by atoms with Gasteiger partial charge in [-0.1, -0.05) is 133 Å².